The number of aromatic nitrogens is 3. The fraction of sp³-hybridized carbons (Fsp3) is 0.300. The van der Waals surface area contributed by atoms with Crippen LogP contribution in [0.4, 0.5) is 0 Å². The topological polar surface area (TPSA) is 82.9 Å². The number of nitrogens with zero attached hydrogens (tertiary/aromatic N) is 3. The summed E-state index contributed by atoms with van der Waals surface area (Å²) < 4.78 is 2.85. The highest BCUT2D eigenvalue weighted by molar-refractivity contribution is 5.77. The first-order valence-corrected chi connectivity index (χ1v) is 4.97. The molecule has 0 aliphatic carbocycles. The number of rotatable bonds is 3. The van der Waals surface area contributed by atoms with E-state index in [0.29, 0.717) is 17.7 Å². The van der Waals surface area contributed by atoms with Crippen molar-refractivity contribution in [1.82, 2.24) is 14.1 Å². The molecule has 0 aliphatic heterocycles. The predicted molar refractivity (Wildman–Crippen MR) is 58.9 cm³/mol. The van der Waals surface area contributed by atoms with Gasteiger partial charge in [0.25, 0.3) is 0 Å². The maximum Gasteiger partial charge on any atom is 0.330 e. The van der Waals surface area contributed by atoms with Gasteiger partial charge in [-0.15, -0.1) is 0 Å². The molecule has 0 bridgehead atoms. The van der Waals surface area contributed by atoms with Gasteiger partial charge >= 0.3 is 5.69 Å². The van der Waals surface area contributed by atoms with E-state index in [0.717, 1.165) is 0 Å². The van der Waals surface area contributed by atoms with Crippen molar-refractivity contribution in [3.8, 4) is 0 Å². The van der Waals surface area contributed by atoms with Crippen LogP contribution in [-0.2, 0) is 17.9 Å². The van der Waals surface area contributed by atoms with Gasteiger partial charge in [-0.2, -0.15) is 0 Å². The molecule has 1 amide bonds. The summed E-state index contributed by atoms with van der Waals surface area (Å²) in [5, 5.41) is 0. The monoisotopic (exact) mass is 220 g/mol. The molecule has 2 heterocycles. The van der Waals surface area contributed by atoms with Crippen molar-refractivity contribution in [2.75, 3.05) is 0 Å². The fourth-order valence-electron chi connectivity index (χ4n) is 1.74. The van der Waals surface area contributed by atoms with Crippen molar-refractivity contribution in [3.63, 3.8) is 0 Å². The third-order valence-corrected chi connectivity index (χ3v) is 2.40. The van der Waals surface area contributed by atoms with E-state index in [1.165, 1.54) is 9.13 Å². The predicted octanol–water partition coefficient (Wildman–Crippen LogP) is -0.297. The van der Waals surface area contributed by atoms with E-state index in [1.807, 2.05) is 6.92 Å². The van der Waals surface area contributed by atoms with Crippen molar-refractivity contribution in [2.24, 2.45) is 5.73 Å². The summed E-state index contributed by atoms with van der Waals surface area (Å²) in [5.41, 5.74) is 6.06. The van der Waals surface area contributed by atoms with Gasteiger partial charge in [0.15, 0.2) is 5.65 Å². The normalized spacial score (nSPS) is 10.8. The number of fused-ring (bicyclic) bond motifs is 1. The van der Waals surface area contributed by atoms with Crippen molar-refractivity contribution in [2.45, 2.75) is 20.0 Å². The van der Waals surface area contributed by atoms with E-state index in [2.05, 4.69) is 4.98 Å². The van der Waals surface area contributed by atoms with Gasteiger partial charge in [0.1, 0.15) is 6.54 Å². The Morgan fingerprint density at radius 2 is 2.25 bits per heavy atom. The summed E-state index contributed by atoms with van der Waals surface area (Å²) in [4.78, 5) is 27.0. The second-order valence-corrected chi connectivity index (χ2v) is 3.43. The molecule has 0 atom stereocenters. The number of carbonyl (C=O) groups excluding carboxylic acids is 1. The zero-order chi connectivity index (χ0) is 11.7. The molecule has 0 radical (unpaired) electrons. The van der Waals surface area contributed by atoms with Crippen LogP contribution >= 0.6 is 0 Å². The van der Waals surface area contributed by atoms with Crippen LogP contribution in [0.15, 0.2) is 23.1 Å². The average Bonchev–Trinajstić information content (AvgIpc) is 2.52. The quantitative estimate of drug-likeness (QED) is 0.771. The minimum Gasteiger partial charge on any atom is -0.368 e. The van der Waals surface area contributed by atoms with Crippen LogP contribution in [0.2, 0.25) is 0 Å². The molecule has 2 rings (SSSR count). The lowest BCUT2D eigenvalue weighted by atomic mass is 10.4. The summed E-state index contributed by atoms with van der Waals surface area (Å²) in [6.07, 6.45) is 1.61. The van der Waals surface area contributed by atoms with E-state index in [1.54, 1.807) is 18.3 Å². The Labute approximate surface area is 91.3 Å². The molecule has 2 aromatic heterocycles. The van der Waals surface area contributed by atoms with Crippen LogP contribution in [0, 0.1) is 0 Å². The lowest BCUT2D eigenvalue weighted by molar-refractivity contribution is -0.118. The molecule has 0 unspecified atom stereocenters. The average molecular weight is 220 g/mol. The maximum absolute atomic E-state index is 11.9. The molecule has 6 heteroatoms. The second kappa shape index (κ2) is 3.80. The van der Waals surface area contributed by atoms with Crippen LogP contribution in [-0.4, -0.2) is 20.0 Å². The van der Waals surface area contributed by atoms with Gasteiger partial charge in [-0.05, 0) is 19.1 Å². The molecule has 0 fully saturated rings. The Morgan fingerprint density at radius 3 is 2.88 bits per heavy atom. The largest absolute Gasteiger partial charge is 0.368 e. The number of nitrogens with two attached hydrogens (primary N) is 1. The molecule has 84 valence electrons. The van der Waals surface area contributed by atoms with Crippen molar-refractivity contribution < 1.29 is 4.79 Å². The second-order valence-electron chi connectivity index (χ2n) is 3.43. The van der Waals surface area contributed by atoms with E-state index in [4.69, 9.17) is 5.73 Å². The summed E-state index contributed by atoms with van der Waals surface area (Å²) in [6.45, 7) is 2.25. The standard InChI is InChI=1S/C10H12N4O2/c1-2-13-9-7(4-3-5-12-9)14(10(13)16)6-8(11)15/h3-5H,2,6H2,1H3,(H2,11,15). The van der Waals surface area contributed by atoms with Gasteiger partial charge in [-0.3, -0.25) is 13.9 Å². The summed E-state index contributed by atoms with van der Waals surface area (Å²) in [6, 6.07) is 3.47. The maximum atomic E-state index is 11.9. The number of imidazole rings is 1. The first-order chi connectivity index (χ1) is 7.65. The van der Waals surface area contributed by atoms with E-state index in [9.17, 15) is 9.59 Å². The van der Waals surface area contributed by atoms with Crippen molar-refractivity contribution in [1.29, 1.82) is 0 Å². The molecule has 6 nitrogen and oxygen atoms in total. The van der Waals surface area contributed by atoms with Crippen LogP contribution < -0.4 is 11.4 Å². The van der Waals surface area contributed by atoms with E-state index >= 15 is 0 Å². The SMILES string of the molecule is CCn1c(=O)n(CC(N)=O)c2cccnc21. The van der Waals surface area contributed by atoms with Crippen LogP contribution in [0.5, 0.6) is 0 Å². The zero-order valence-corrected chi connectivity index (χ0v) is 8.88. The molecular formula is C10H12N4O2. The van der Waals surface area contributed by atoms with Crippen LogP contribution in [0.25, 0.3) is 11.2 Å². The molecule has 2 N–H and O–H groups in total. The summed E-state index contributed by atoms with van der Waals surface area (Å²) >= 11 is 0. The Balaban J connectivity index is 2.77. The highest BCUT2D eigenvalue weighted by Gasteiger charge is 2.13. The third-order valence-electron chi connectivity index (χ3n) is 2.40. The smallest absolute Gasteiger partial charge is 0.330 e. The van der Waals surface area contributed by atoms with Gasteiger partial charge in [0.05, 0.1) is 5.52 Å². The highest BCUT2D eigenvalue weighted by Crippen LogP contribution is 2.09. The summed E-state index contributed by atoms with van der Waals surface area (Å²) in [7, 11) is 0. The summed E-state index contributed by atoms with van der Waals surface area (Å²) in [5.74, 6) is -0.541. The highest BCUT2D eigenvalue weighted by atomic mass is 16.2. The molecule has 0 saturated carbocycles. The third kappa shape index (κ3) is 1.48. The minimum absolute atomic E-state index is 0.117. The van der Waals surface area contributed by atoms with Crippen LogP contribution in [0.1, 0.15) is 6.92 Å². The molecule has 0 aliphatic rings. The number of hydrogen-bond donors (Lipinski definition) is 1. The lowest BCUT2D eigenvalue weighted by Gasteiger charge is -1.97. The van der Waals surface area contributed by atoms with E-state index in [-0.39, 0.29) is 12.2 Å². The van der Waals surface area contributed by atoms with Gasteiger partial charge in [0, 0.05) is 12.7 Å². The van der Waals surface area contributed by atoms with Crippen molar-refractivity contribution in [3.05, 3.63) is 28.8 Å². The molecule has 0 aromatic carbocycles. The Bertz CT molecular complexity index is 596. The van der Waals surface area contributed by atoms with Gasteiger partial charge in [-0.25, -0.2) is 9.78 Å². The number of hydrogen-bond acceptors (Lipinski definition) is 3. The Hall–Kier alpha value is -2.11. The first-order valence-electron chi connectivity index (χ1n) is 4.97. The Kier molecular flexibility index (Phi) is 2.47. The first kappa shape index (κ1) is 10.4. The number of primary amides is 1. The lowest BCUT2D eigenvalue weighted by Crippen LogP contribution is -2.29. The minimum atomic E-state index is -0.541. The van der Waals surface area contributed by atoms with E-state index < -0.39 is 5.91 Å². The van der Waals surface area contributed by atoms with Crippen LogP contribution in [0.3, 0.4) is 0 Å². The molecule has 16 heavy (non-hydrogen) atoms. The van der Waals surface area contributed by atoms with Gasteiger partial charge in [-0.1, -0.05) is 0 Å². The number of carbonyl (C=O) groups is 1. The molecule has 0 spiro atoms. The molecule has 0 saturated heterocycles. The van der Waals surface area contributed by atoms with Crippen molar-refractivity contribution >= 4 is 17.1 Å². The Morgan fingerprint density at radius 1 is 1.50 bits per heavy atom. The van der Waals surface area contributed by atoms with Gasteiger partial charge < -0.3 is 5.73 Å². The number of amides is 1. The molecular weight excluding hydrogens is 208 g/mol. The fourth-order valence-corrected chi connectivity index (χ4v) is 1.74. The number of aryl methyl sites for hydroxylation is 1. The molecule has 2 aromatic rings. The van der Waals surface area contributed by atoms with Gasteiger partial charge in [0.2, 0.25) is 5.91 Å². The number of pyridine rings is 1. The zero-order valence-electron chi connectivity index (χ0n) is 8.88.